The Morgan fingerprint density at radius 1 is 0.373 bits per heavy atom. The van der Waals surface area contributed by atoms with Gasteiger partial charge in [0.1, 0.15) is 11.5 Å². The van der Waals surface area contributed by atoms with Gasteiger partial charge in [0.25, 0.3) is 0 Å². The number of para-hydroxylation sites is 4. The van der Waals surface area contributed by atoms with Gasteiger partial charge in [-0.15, -0.1) is 0 Å². The predicted octanol–water partition coefficient (Wildman–Crippen LogP) is 14.2. The zero-order chi connectivity index (χ0) is 40.3. The predicted molar refractivity (Wildman–Crippen MR) is 220 cm³/mol. The summed E-state index contributed by atoms with van der Waals surface area (Å²) in [6, 6.07) is 43.3. The van der Waals surface area contributed by atoms with E-state index in [0.717, 1.165) is 61.1 Å². The highest BCUT2D eigenvalue weighted by molar-refractivity contribution is 6.15. The molecule has 59 heavy (non-hydrogen) atoms. The summed E-state index contributed by atoms with van der Waals surface area (Å²) in [6.07, 6.45) is 0.851. The van der Waals surface area contributed by atoms with Crippen LogP contribution in [0.2, 0.25) is 0 Å². The van der Waals surface area contributed by atoms with Crippen LogP contribution in [0.1, 0.15) is 12.0 Å². The van der Waals surface area contributed by atoms with Gasteiger partial charge in [0.05, 0.1) is 38.7 Å². The maximum Gasteiger partial charge on any atom is 0.200 e. The maximum atomic E-state index is 16.7. The summed E-state index contributed by atoms with van der Waals surface area (Å²) in [5, 5.41) is 5.48. The van der Waals surface area contributed by atoms with Gasteiger partial charge in [0.2, 0.25) is 5.82 Å². The van der Waals surface area contributed by atoms with E-state index in [1.54, 1.807) is 12.1 Å². The second-order valence-electron chi connectivity index (χ2n) is 14.5. The van der Waals surface area contributed by atoms with E-state index in [4.69, 9.17) is 0 Å². The first-order valence-corrected chi connectivity index (χ1v) is 18.7. The van der Waals surface area contributed by atoms with E-state index >= 15 is 17.6 Å². The lowest BCUT2D eigenvalue weighted by Crippen LogP contribution is -2.06. The van der Waals surface area contributed by atoms with Crippen molar-refractivity contribution in [2.45, 2.75) is 6.42 Å². The van der Waals surface area contributed by atoms with Crippen molar-refractivity contribution in [3.05, 3.63) is 192 Å². The van der Waals surface area contributed by atoms with Gasteiger partial charge >= 0.3 is 0 Å². The molecule has 0 saturated heterocycles. The Balaban J connectivity index is 1.21. The molecule has 3 aromatic heterocycles. The molecule has 3 heterocycles. The second kappa shape index (κ2) is 12.8. The Bertz CT molecular complexity index is 3260. The minimum atomic E-state index is -2.35. The molecule has 0 bridgehead atoms. The normalized spacial score (nSPS) is 13.7. The molecule has 0 N–H and O–H groups in total. The first-order chi connectivity index (χ1) is 28.7. The Morgan fingerprint density at radius 3 is 1.17 bits per heavy atom. The van der Waals surface area contributed by atoms with Gasteiger partial charge < -0.3 is 13.7 Å². The quantitative estimate of drug-likeness (QED) is 0.0958. The van der Waals surface area contributed by atoms with Gasteiger partial charge in [0, 0.05) is 43.7 Å². The third kappa shape index (κ3) is 4.95. The van der Waals surface area contributed by atoms with E-state index in [1.807, 2.05) is 97.1 Å². The molecule has 0 fully saturated rings. The number of benzene rings is 7. The molecule has 0 amide bonds. The van der Waals surface area contributed by atoms with Crippen LogP contribution >= 0.6 is 0 Å². The molecule has 3 nitrogen and oxygen atoms in total. The summed E-state index contributed by atoms with van der Waals surface area (Å²) < 4.78 is 111. The van der Waals surface area contributed by atoms with Crippen molar-refractivity contribution in [3.8, 4) is 11.4 Å². The lowest BCUT2D eigenvalue weighted by atomic mass is 10.0. The van der Waals surface area contributed by atoms with Crippen LogP contribution in [0.15, 0.2) is 157 Å². The molecule has 11 rings (SSSR count). The van der Waals surface area contributed by atoms with Gasteiger partial charge in [-0.05, 0) is 84.8 Å². The molecule has 286 valence electrons. The van der Waals surface area contributed by atoms with E-state index in [-0.39, 0.29) is 0 Å². The molecule has 0 saturated carbocycles. The summed E-state index contributed by atoms with van der Waals surface area (Å²) in [5.74, 6) is -13.3. The van der Waals surface area contributed by atoms with Crippen LogP contribution in [0.5, 0.6) is 0 Å². The highest BCUT2D eigenvalue weighted by Gasteiger charge is 2.30. The number of hydrogen-bond donors (Lipinski definition) is 0. The van der Waals surface area contributed by atoms with E-state index in [9.17, 15) is 13.2 Å². The molecule has 7 aromatic carbocycles. The summed E-state index contributed by atoms with van der Waals surface area (Å²) in [7, 11) is 0. The van der Waals surface area contributed by atoms with E-state index in [1.165, 1.54) is 4.57 Å². The van der Waals surface area contributed by atoms with Crippen molar-refractivity contribution in [2.24, 2.45) is 0 Å². The summed E-state index contributed by atoms with van der Waals surface area (Å²) in [4.78, 5) is 0. The van der Waals surface area contributed by atoms with Crippen LogP contribution in [0.3, 0.4) is 0 Å². The van der Waals surface area contributed by atoms with Gasteiger partial charge in [-0.25, -0.2) is 30.7 Å². The zero-order valence-electron chi connectivity index (χ0n) is 30.6. The Kier molecular flexibility index (Phi) is 7.59. The number of allylic oxidation sites excluding steroid dienone is 6. The fraction of sp³-hybridized carbons (Fsp3) is 0.0204. The van der Waals surface area contributed by atoms with Crippen molar-refractivity contribution < 1.29 is 30.7 Å². The van der Waals surface area contributed by atoms with Crippen LogP contribution in [-0.4, -0.2) is 13.7 Å². The van der Waals surface area contributed by atoms with Crippen LogP contribution in [0, 0.1) is 29.1 Å². The number of fused-ring (bicyclic) bond motifs is 9. The number of halogens is 7. The number of hydrogen-bond acceptors (Lipinski definition) is 0. The van der Waals surface area contributed by atoms with Gasteiger partial charge in [0.15, 0.2) is 29.1 Å². The molecule has 1 aliphatic rings. The second-order valence-corrected chi connectivity index (χ2v) is 14.5. The number of rotatable bonds is 4. The fourth-order valence-electron chi connectivity index (χ4n) is 8.88. The molecule has 0 spiro atoms. The molecular formula is C49H26F7N3. The Labute approximate surface area is 330 Å². The first kappa shape index (κ1) is 34.9. The lowest BCUT2D eigenvalue weighted by Gasteiger charge is -2.13. The monoisotopic (exact) mass is 789 g/mol. The van der Waals surface area contributed by atoms with Crippen molar-refractivity contribution >= 4 is 76.7 Å². The minimum Gasteiger partial charge on any atom is -0.309 e. The number of nitrogens with zero attached hydrogens (tertiary/aromatic N) is 3. The van der Waals surface area contributed by atoms with Crippen molar-refractivity contribution in [3.63, 3.8) is 0 Å². The van der Waals surface area contributed by atoms with E-state index in [0.29, 0.717) is 27.9 Å². The Hall–Kier alpha value is -7.33. The van der Waals surface area contributed by atoms with E-state index < -0.39 is 64.0 Å². The van der Waals surface area contributed by atoms with Crippen LogP contribution < -0.4 is 0 Å². The summed E-state index contributed by atoms with van der Waals surface area (Å²) >= 11 is 0. The van der Waals surface area contributed by atoms with Crippen LogP contribution in [-0.2, 0) is 0 Å². The molecule has 10 aromatic rings. The molecule has 0 atom stereocenters. The molecule has 0 aliphatic heterocycles. The van der Waals surface area contributed by atoms with Crippen molar-refractivity contribution in [2.75, 3.05) is 0 Å². The molecule has 0 radical (unpaired) electrons. The van der Waals surface area contributed by atoms with Gasteiger partial charge in [-0.2, -0.15) is 0 Å². The summed E-state index contributed by atoms with van der Waals surface area (Å²) in [6.45, 7) is 0. The maximum absolute atomic E-state index is 16.7. The lowest BCUT2D eigenvalue weighted by molar-refractivity contribution is 0.376. The fourth-order valence-corrected chi connectivity index (χ4v) is 8.88. The number of aromatic nitrogens is 3. The third-order valence-corrected chi connectivity index (χ3v) is 11.4. The molecule has 10 heteroatoms. The van der Waals surface area contributed by atoms with Gasteiger partial charge in [-0.3, -0.25) is 0 Å². The smallest absolute Gasteiger partial charge is 0.200 e. The highest BCUT2D eigenvalue weighted by Crippen LogP contribution is 2.43. The minimum absolute atomic E-state index is 0.408. The van der Waals surface area contributed by atoms with Crippen molar-refractivity contribution in [1.82, 2.24) is 13.7 Å². The topological polar surface area (TPSA) is 14.8 Å². The SMILES string of the molecule is FC1=CCC(c2c(F)c(F)c(F)c(F)c2F)=CC(F)=C1n1c2ccc(-n3c4ccccc4c4ccccc43)cc2c2cc(-n3c4ccccc4c4ccccc43)ccc21. The summed E-state index contributed by atoms with van der Waals surface area (Å²) in [5.41, 5.74) is 3.70. The first-order valence-electron chi connectivity index (χ1n) is 18.7. The average molecular weight is 790 g/mol. The van der Waals surface area contributed by atoms with E-state index in [2.05, 4.69) is 33.4 Å². The molecular weight excluding hydrogens is 764 g/mol. The standard InChI is InChI=1S/C49H26F7N3/c50-35-20-17-26(43-44(52)46(54)48(56)47(55)45(43)53)23-36(51)49(35)59-41-21-18-27(57-37-13-5-1-9-29(37)30-10-2-6-14-38(30)57)24-33(41)34-25-28(19-22-42(34)59)58-39-15-7-3-11-31(39)32-12-4-8-16-40(32)58/h1-16,18-25H,17H2. The van der Waals surface area contributed by atoms with Crippen LogP contribution in [0.4, 0.5) is 30.7 Å². The third-order valence-electron chi connectivity index (χ3n) is 11.4. The average Bonchev–Trinajstić information content (AvgIpc) is 3.86. The largest absolute Gasteiger partial charge is 0.309 e. The van der Waals surface area contributed by atoms with Crippen molar-refractivity contribution in [1.29, 1.82) is 0 Å². The Morgan fingerprint density at radius 2 is 0.746 bits per heavy atom. The zero-order valence-corrected chi connectivity index (χ0v) is 30.6. The highest BCUT2D eigenvalue weighted by atomic mass is 19.2. The molecule has 1 aliphatic carbocycles. The van der Waals surface area contributed by atoms with Gasteiger partial charge in [-0.1, -0.05) is 72.8 Å². The van der Waals surface area contributed by atoms with Crippen LogP contribution in [0.25, 0.3) is 88.1 Å². The molecule has 0 unspecified atom stereocenters.